The van der Waals surface area contributed by atoms with Gasteiger partial charge in [-0.25, -0.2) is 0 Å². The van der Waals surface area contributed by atoms with Crippen LogP contribution >= 0.6 is 0 Å². The lowest BCUT2D eigenvalue weighted by Gasteiger charge is -2.14. The Morgan fingerprint density at radius 2 is 2.10 bits per heavy atom. The van der Waals surface area contributed by atoms with Crippen LogP contribution in [0.25, 0.3) is 0 Å². The van der Waals surface area contributed by atoms with Gasteiger partial charge in [-0.15, -0.1) is 0 Å². The molecule has 1 heterocycles. The van der Waals surface area contributed by atoms with Crippen molar-refractivity contribution in [1.29, 1.82) is 0 Å². The first-order valence-corrected chi connectivity index (χ1v) is 7.11. The number of carbonyl (C=O) groups excluding carboxylic acids is 1. The molecule has 0 aliphatic heterocycles. The molecule has 5 heteroatoms. The van der Waals surface area contributed by atoms with Crippen molar-refractivity contribution in [2.24, 2.45) is 18.7 Å². The lowest BCUT2D eigenvalue weighted by Crippen LogP contribution is -2.36. The molecular weight excluding hydrogens is 264 g/mol. The molecule has 0 aliphatic rings. The molecule has 2 rings (SSSR count). The zero-order chi connectivity index (χ0) is 15.2. The summed E-state index contributed by atoms with van der Waals surface area (Å²) >= 11 is 0. The van der Waals surface area contributed by atoms with E-state index in [4.69, 9.17) is 5.73 Å². The van der Waals surface area contributed by atoms with Crippen LogP contribution < -0.4 is 11.1 Å². The second-order valence-electron chi connectivity index (χ2n) is 5.25. The predicted molar refractivity (Wildman–Crippen MR) is 82.5 cm³/mol. The highest BCUT2D eigenvalue weighted by molar-refractivity contribution is 5.79. The highest BCUT2D eigenvalue weighted by Crippen LogP contribution is 2.09. The molecule has 0 aliphatic carbocycles. The van der Waals surface area contributed by atoms with Crippen LogP contribution in [0.3, 0.4) is 0 Å². The van der Waals surface area contributed by atoms with Crippen LogP contribution in [0.5, 0.6) is 0 Å². The summed E-state index contributed by atoms with van der Waals surface area (Å²) in [4.78, 5) is 12.3. The van der Waals surface area contributed by atoms with E-state index in [1.807, 2.05) is 50.5 Å². The monoisotopic (exact) mass is 286 g/mol. The number of amides is 1. The van der Waals surface area contributed by atoms with Gasteiger partial charge in [-0.3, -0.25) is 9.48 Å². The van der Waals surface area contributed by atoms with E-state index in [0.717, 1.165) is 16.8 Å². The number of hydrogen-bond acceptors (Lipinski definition) is 3. The number of nitrogens with two attached hydrogens (primary N) is 1. The van der Waals surface area contributed by atoms with E-state index in [1.54, 1.807) is 4.68 Å². The Morgan fingerprint density at radius 1 is 1.38 bits per heavy atom. The minimum atomic E-state index is -0.204. The van der Waals surface area contributed by atoms with Crippen molar-refractivity contribution in [2.75, 3.05) is 6.54 Å². The van der Waals surface area contributed by atoms with Gasteiger partial charge in [-0.05, 0) is 18.9 Å². The lowest BCUT2D eigenvalue weighted by atomic mass is 9.98. The van der Waals surface area contributed by atoms with Gasteiger partial charge in [0.2, 0.25) is 5.91 Å². The highest BCUT2D eigenvalue weighted by atomic mass is 16.1. The molecule has 0 fully saturated rings. The van der Waals surface area contributed by atoms with Gasteiger partial charge in [-0.2, -0.15) is 5.10 Å². The van der Waals surface area contributed by atoms with E-state index < -0.39 is 0 Å². The average molecular weight is 286 g/mol. The SMILES string of the molecule is Cc1nn(C)cc1CNC(=O)C(CN)Cc1ccccc1. The minimum Gasteiger partial charge on any atom is -0.352 e. The molecule has 1 aromatic heterocycles. The zero-order valence-electron chi connectivity index (χ0n) is 12.5. The molecule has 0 saturated heterocycles. The molecule has 1 aromatic carbocycles. The Kier molecular flexibility index (Phi) is 5.11. The molecule has 0 radical (unpaired) electrons. The Labute approximate surface area is 125 Å². The van der Waals surface area contributed by atoms with Gasteiger partial charge < -0.3 is 11.1 Å². The van der Waals surface area contributed by atoms with E-state index >= 15 is 0 Å². The van der Waals surface area contributed by atoms with E-state index in [9.17, 15) is 4.79 Å². The summed E-state index contributed by atoms with van der Waals surface area (Å²) < 4.78 is 1.75. The van der Waals surface area contributed by atoms with Crippen molar-refractivity contribution < 1.29 is 4.79 Å². The van der Waals surface area contributed by atoms with Crippen molar-refractivity contribution in [3.05, 3.63) is 53.3 Å². The number of nitrogens with one attached hydrogen (secondary N) is 1. The number of benzene rings is 1. The van der Waals surface area contributed by atoms with Crippen LogP contribution in [0.15, 0.2) is 36.5 Å². The predicted octanol–water partition coefficient (Wildman–Crippen LogP) is 1.16. The van der Waals surface area contributed by atoms with Crippen molar-refractivity contribution >= 4 is 5.91 Å². The van der Waals surface area contributed by atoms with Gasteiger partial charge in [0.1, 0.15) is 0 Å². The average Bonchev–Trinajstić information content (AvgIpc) is 2.81. The van der Waals surface area contributed by atoms with Crippen molar-refractivity contribution in [3.8, 4) is 0 Å². The highest BCUT2D eigenvalue weighted by Gasteiger charge is 2.17. The molecule has 2 aromatic rings. The molecule has 21 heavy (non-hydrogen) atoms. The van der Waals surface area contributed by atoms with Crippen molar-refractivity contribution in [3.63, 3.8) is 0 Å². The Hall–Kier alpha value is -2.14. The summed E-state index contributed by atoms with van der Waals surface area (Å²) in [7, 11) is 1.87. The summed E-state index contributed by atoms with van der Waals surface area (Å²) in [6, 6.07) is 9.94. The first kappa shape index (κ1) is 15.3. The van der Waals surface area contributed by atoms with Crippen LogP contribution in [0.2, 0.25) is 0 Å². The summed E-state index contributed by atoms with van der Waals surface area (Å²) in [5.41, 5.74) is 8.84. The Balaban J connectivity index is 1.93. The van der Waals surface area contributed by atoms with E-state index in [2.05, 4.69) is 10.4 Å². The van der Waals surface area contributed by atoms with Crippen molar-refractivity contribution in [2.45, 2.75) is 19.9 Å². The molecule has 0 saturated carbocycles. The Morgan fingerprint density at radius 3 is 2.67 bits per heavy atom. The lowest BCUT2D eigenvalue weighted by molar-refractivity contribution is -0.124. The normalized spacial score (nSPS) is 12.1. The van der Waals surface area contributed by atoms with Crippen LogP contribution in [-0.2, 0) is 24.8 Å². The van der Waals surface area contributed by atoms with E-state index in [-0.39, 0.29) is 11.8 Å². The van der Waals surface area contributed by atoms with Gasteiger partial charge in [0.25, 0.3) is 0 Å². The maximum absolute atomic E-state index is 12.3. The molecule has 0 spiro atoms. The molecule has 5 nitrogen and oxygen atoms in total. The summed E-state index contributed by atoms with van der Waals surface area (Å²) in [5, 5.41) is 7.21. The molecule has 1 amide bonds. The number of nitrogens with zero attached hydrogens (tertiary/aromatic N) is 2. The fourth-order valence-corrected chi connectivity index (χ4v) is 2.33. The van der Waals surface area contributed by atoms with Crippen LogP contribution in [-0.4, -0.2) is 22.2 Å². The van der Waals surface area contributed by atoms with E-state index in [0.29, 0.717) is 19.5 Å². The molecule has 0 bridgehead atoms. The van der Waals surface area contributed by atoms with Crippen molar-refractivity contribution in [1.82, 2.24) is 15.1 Å². The number of aryl methyl sites for hydroxylation is 2. The molecule has 112 valence electrons. The maximum Gasteiger partial charge on any atom is 0.224 e. The maximum atomic E-state index is 12.3. The van der Waals surface area contributed by atoms with Gasteiger partial charge in [-0.1, -0.05) is 30.3 Å². The van der Waals surface area contributed by atoms with Gasteiger partial charge in [0.05, 0.1) is 11.6 Å². The number of aromatic nitrogens is 2. The fraction of sp³-hybridized carbons (Fsp3) is 0.375. The number of hydrogen-bond donors (Lipinski definition) is 2. The second-order valence-corrected chi connectivity index (χ2v) is 5.25. The third-order valence-corrected chi connectivity index (χ3v) is 3.55. The molecular formula is C16H22N4O. The largest absolute Gasteiger partial charge is 0.352 e. The number of carbonyl (C=O) groups is 1. The first-order chi connectivity index (χ1) is 10.1. The fourth-order valence-electron chi connectivity index (χ4n) is 2.33. The summed E-state index contributed by atoms with van der Waals surface area (Å²) in [6.45, 7) is 2.77. The molecule has 3 N–H and O–H groups in total. The molecule has 1 unspecified atom stereocenters. The van der Waals surface area contributed by atoms with Crippen LogP contribution in [0.4, 0.5) is 0 Å². The first-order valence-electron chi connectivity index (χ1n) is 7.11. The standard InChI is InChI=1S/C16H22N4O/c1-12-15(11-20(2)19-12)10-18-16(21)14(9-17)8-13-6-4-3-5-7-13/h3-7,11,14H,8-10,17H2,1-2H3,(H,18,21). The summed E-state index contributed by atoms with van der Waals surface area (Å²) in [6.07, 6.45) is 2.58. The summed E-state index contributed by atoms with van der Waals surface area (Å²) in [5.74, 6) is -0.214. The third kappa shape index (κ3) is 4.16. The Bertz CT molecular complexity index is 592. The third-order valence-electron chi connectivity index (χ3n) is 3.55. The van der Waals surface area contributed by atoms with E-state index in [1.165, 1.54) is 0 Å². The van der Waals surface area contributed by atoms with Crippen LogP contribution in [0.1, 0.15) is 16.8 Å². The van der Waals surface area contributed by atoms with Gasteiger partial charge >= 0.3 is 0 Å². The van der Waals surface area contributed by atoms with Crippen LogP contribution in [0, 0.1) is 12.8 Å². The van der Waals surface area contributed by atoms with Gasteiger partial charge in [0.15, 0.2) is 0 Å². The minimum absolute atomic E-state index is 0.00962. The smallest absolute Gasteiger partial charge is 0.224 e. The van der Waals surface area contributed by atoms with Gasteiger partial charge in [0, 0.05) is 31.9 Å². The molecule has 1 atom stereocenters. The zero-order valence-corrected chi connectivity index (χ0v) is 12.5. The topological polar surface area (TPSA) is 72.9 Å². The number of rotatable bonds is 6. The quantitative estimate of drug-likeness (QED) is 0.837. The second kappa shape index (κ2) is 7.04.